The zero-order chi connectivity index (χ0) is 14.8. The summed E-state index contributed by atoms with van der Waals surface area (Å²) < 4.78 is 11.8. The molecule has 1 aromatic heterocycles. The topological polar surface area (TPSA) is 129 Å². The van der Waals surface area contributed by atoms with Crippen molar-refractivity contribution in [1.82, 2.24) is 15.1 Å². The van der Waals surface area contributed by atoms with Crippen LogP contribution in [0.15, 0.2) is 12.4 Å². The first-order chi connectivity index (χ1) is 9.59. The second-order valence-electron chi connectivity index (χ2n) is 3.68. The zero-order valence-corrected chi connectivity index (χ0v) is 10.7. The van der Waals surface area contributed by atoms with Crippen molar-refractivity contribution in [3.8, 4) is 0 Å². The molecule has 10 nitrogen and oxygen atoms in total. The number of nitro groups is 1. The van der Waals surface area contributed by atoms with E-state index in [0.717, 1.165) is 0 Å². The second kappa shape index (κ2) is 8.82. The highest BCUT2D eigenvalue weighted by molar-refractivity contribution is 5.64. The molecular weight excluding hydrogens is 272 g/mol. The van der Waals surface area contributed by atoms with Gasteiger partial charge in [0.15, 0.2) is 0 Å². The van der Waals surface area contributed by atoms with Gasteiger partial charge in [-0.1, -0.05) is 0 Å². The van der Waals surface area contributed by atoms with Crippen molar-refractivity contribution in [3.63, 3.8) is 0 Å². The molecular formula is C10H16N4O6. The van der Waals surface area contributed by atoms with E-state index in [0.29, 0.717) is 26.4 Å². The van der Waals surface area contributed by atoms with Gasteiger partial charge < -0.3 is 19.9 Å². The van der Waals surface area contributed by atoms with Crippen LogP contribution in [0.1, 0.15) is 0 Å². The number of carbonyl (C=O) groups is 1. The first kappa shape index (κ1) is 15.9. The molecule has 0 aliphatic rings. The normalized spacial score (nSPS) is 10.4. The molecule has 0 saturated heterocycles. The van der Waals surface area contributed by atoms with Crippen LogP contribution < -0.4 is 5.32 Å². The number of hydrogen-bond donors (Lipinski definition) is 2. The van der Waals surface area contributed by atoms with Crippen molar-refractivity contribution in [2.75, 3.05) is 33.0 Å². The summed E-state index contributed by atoms with van der Waals surface area (Å²) in [6.07, 6.45) is 1.42. The minimum absolute atomic E-state index is 0.0562. The van der Waals surface area contributed by atoms with Gasteiger partial charge in [0, 0.05) is 6.54 Å². The molecule has 20 heavy (non-hydrogen) atoms. The lowest BCUT2D eigenvalue weighted by atomic mass is 10.6. The number of ether oxygens (including phenoxy) is 2. The van der Waals surface area contributed by atoms with Gasteiger partial charge in [-0.25, -0.2) is 4.79 Å². The van der Waals surface area contributed by atoms with Crippen LogP contribution in [0.4, 0.5) is 10.5 Å². The lowest BCUT2D eigenvalue weighted by Crippen LogP contribution is -2.25. The fraction of sp³-hybridized carbons (Fsp3) is 0.600. The minimum atomic E-state index is -1.09. The maximum Gasteiger partial charge on any atom is 0.404 e. The van der Waals surface area contributed by atoms with E-state index in [4.69, 9.17) is 14.6 Å². The number of nitrogens with one attached hydrogen (secondary N) is 1. The van der Waals surface area contributed by atoms with Crippen LogP contribution in [0.2, 0.25) is 0 Å². The molecule has 0 saturated carbocycles. The van der Waals surface area contributed by atoms with Crippen LogP contribution in [0.3, 0.4) is 0 Å². The largest absolute Gasteiger partial charge is 0.465 e. The quantitative estimate of drug-likeness (QED) is 0.354. The first-order valence-corrected chi connectivity index (χ1v) is 5.88. The van der Waals surface area contributed by atoms with E-state index in [1.54, 1.807) is 0 Å². The Bertz CT molecular complexity index is 435. The van der Waals surface area contributed by atoms with Crippen molar-refractivity contribution in [1.29, 1.82) is 0 Å². The number of rotatable bonds is 10. The van der Waals surface area contributed by atoms with E-state index >= 15 is 0 Å². The number of nitrogens with zero attached hydrogens (tertiary/aromatic N) is 3. The molecule has 1 rings (SSSR count). The van der Waals surface area contributed by atoms with Crippen molar-refractivity contribution in [3.05, 3.63) is 22.5 Å². The Morgan fingerprint density at radius 1 is 1.40 bits per heavy atom. The molecule has 0 spiro atoms. The van der Waals surface area contributed by atoms with Crippen molar-refractivity contribution >= 4 is 11.8 Å². The van der Waals surface area contributed by atoms with Gasteiger partial charge in [-0.3, -0.25) is 14.8 Å². The van der Waals surface area contributed by atoms with Gasteiger partial charge >= 0.3 is 11.8 Å². The third kappa shape index (κ3) is 6.66. The standard InChI is InChI=1S/C10H16N4O6/c15-10(16)11-1-3-19-5-6-20-4-2-13-8-9(7-12-13)14(17)18/h7-8,11H,1-6H2,(H,15,16). The molecule has 0 aliphatic heterocycles. The van der Waals surface area contributed by atoms with Crippen LogP contribution in [0, 0.1) is 10.1 Å². The van der Waals surface area contributed by atoms with Crippen LogP contribution >= 0.6 is 0 Å². The number of amides is 1. The highest BCUT2D eigenvalue weighted by Crippen LogP contribution is 2.07. The van der Waals surface area contributed by atoms with Crippen molar-refractivity contribution in [2.45, 2.75) is 6.54 Å². The van der Waals surface area contributed by atoms with Crippen LogP contribution in [0.25, 0.3) is 0 Å². The zero-order valence-electron chi connectivity index (χ0n) is 10.7. The summed E-state index contributed by atoms with van der Waals surface area (Å²) in [5.41, 5.74) is -0.0562. The summed E-state index contributed by atoms with van der Waals surface area (Å²) in [7, 11) is 0. The van der Waals surface area contributed by atoms with Gasteiger partial charge in [-0.05, 0) is 0 Å². The molecule has 0 aliphatic carbocycles. The van der Waals surface area contributed by atoms with E-state index in [9.17, 15) is 14.9 Å². The van der Waals surface area contributed by atoms with E-state index in [-0.39, 0.29) is 18.8 Å². The first-order valence-electron chi connectivity index (χ1n) is 5.88. The van der Waals surface area contributed by atoms with Gasteiger partial charge in [0.05, 0.1) is 37.9 Å². The molecule has 1 heterocycles. The van der Waals surface area contributed by atoms with Crippen LogP contribution in [-0.4, -0.2) is 58.9 Å². The molecule has 0 fully saturated rings. The fourth-order valence-electron chi connectivity index (χ4n) is 1.28. The minimum Gasteiger partial charge on any atom is -0.465 e. The average Bonchev–Trinajstić information content (AvgIpc) is 2.85. The number of carboxylic acid groups (broad SMARTS) is 1. The third-order valence-corrected chi connectivity index (χ3v) is 2.19. The maximum absolute atomic E-state index is 10.4. The summed E-state index contributed by atoms with van der Waals surface area (Å²) in [6.45, 7) is 1.98. The smallest absolute Gasteiger partial charge is 0.404 e. The van der Waals surface area contributed by atoms with Gasteiger partial charge in [-0.15, -0.1) is 0 Å². The average molecular weight is 288 g/mol. The van der Waals surface area contributed by atoms with Gasteiger partial charge in [-0.2, -0.15) is 5.10 Å². The molecule has 2 N–H and O–H groups in total. The van der Waals surface area contributed by atoms with E-state index in [1.807, 2.05) is 0 Å². The summed E-state index contributed by atoms with van der Waals surface area (Å²) in [4.78, 5) is 20.0. The summed E-state index contributed by atoms with van der Waals surface area (Å²) in [6, 6.07) is 0. The highest BCUT2D eigenvalue weighted by Gasteiger charge is 2.07. The lowest BCUT2D eigenvalue weighted by molar-refractivity contribution is -0.385. The summed E-state index contributed by atoms with van der Waals surface area (Å²) >= 11 is 0. The predicted octanol–water partition coefficient (Wildman–Crippen LogP) is 0.0921. The summed E-state index contributed by atoms with van der Waals surface area (Å²) in [5.74, 6) is 0. The molecule has 0 unspecified atom stereocenters. The third-order valence-electron chi connectivity index (χ3n) is 2.19. The number of aromatic nitrogens is 2. The molecule has 1 aromatic rings. The van der Waals surface area contributed by atoms with E-state index in [2.05, 4.69) is 10.4 Å². The van der Waals surface area contributed by atoms with Crippen LogP contribution in [-0.2, 0) is 16.0 Å². The van der Waals surface area contributed by atoms with E-state index < -0.39 is 11.0 Å². The SMILES string of the molecule is O=C(O)NCCOCCOCCn1cc([N+](=O)[O-])cn1. The van der Waals surface area contributed by atoms with Crippen molar-refractivity contribution in [2.24, 2.45) is 0 Å². The Hall–Kier alpha value is -2.20. The molecule has 1 amide bonds. The maximum atomic E-state index is 10.4. The Morgan fingerprint density at radius 2 is 2.10 bits per heavy atom. The Kier molecular flexibility index (Phi) is 7.00. The highest BCUT2D eigenvalue weighted by atomic mass is 16.6. The monoisotopic (exact) mass is 288 g/mol. The fourth-order valence-corrected chi connectivity index (χ4v) is 1.28. The molecule has 0 radical (unpaired) electrons. The molecule has 0 bridgehead atoms. The number of hydrogen-bond acceptors (Lipinski definition) is 6. The second-order valence-corrected chi connectivity index (χ2v) is 3.68. The van der Waals surface area contributed by atoms with Gasteiger partial charge in [0.1, 0.15) is 12.4 Å². The molecule has 10 heteroatoms. The van der Waals surface area contributed by atoms with E-state index in [1.165, 1.54) is 17.1 Å². The summed E-state index contributed by atoms with van der Waals surface area (Å²) in [5, 5.41) is 24.7. The predicted molar refractivity (Wildman–Crippen MR) is 66.5 cm³/mol. The van der Waals surface area contributed by atoms with Gasteiger partial charge in [0.25, 0.3) is 0 Å². The van der Waals surface area contributed by atoms with Gasteiger partial charge in [0.2, 0.25) is 0 Å². The Balaban J connectivity index is 1.96. The molecule has 112 valence electrons. The molecule has 0 atom stereocenters. The Labute approximate surface area is 114 Å². The van der Waals surface area contributed by atoms with Crippen molar-refractivity contribution < 1.29 is 24.3 Å². The lowest BCUT2D eigenvalue weighted by Gasteiger charge is -2.05. The van der Waals surface area contributed by atoms with Crippen LogP contribution in [0.5, 0.6) is 0 Å². The Morgan fingerprint density at radius 3 is 2.70 bits per heavy atom. The molecule has 0 aromatic carbocycles.